The molecule has 2 heterocycles. The van der Waals surface area contributed by atoms with E-state index in [2.05, 4.69) is 45.1 Å². The van der Waals surface area contributed by atoms with Crippen LogP contribution in [0.5, 0.6) is 0 Å². The smallest absolute Gasteiger partial charge is 0.0362 e. The van der Waals surface area contributed by atoms with Gasteiger partial charge in [-0.15, -0.1) is 12.4 Å². The number of hydrogen-bond acceptors (Lipinski definition) is 1. The molecule has 0 bridgehead atoms. The maximum atomic E-state index is 3.70. The number of nitrogens with zero attached hydrogens (tertiary/aromatic N) is 1. The number of benzene rings is 1. The molecule has 0 amide bonds. The molecule has 17 heavy (non-hydrogen) atoms. The van der Waals surface area contributed by atoms with E-state index in [1.165, 1.54) is 48.7 Å². The van der Waals surface area contributed by atoms with Crippen LogP contribution in [-0.4, -0.2) is 17.5 Å². The second-order valence-electron chi connectivity index (χ2n) is 5.00. The van der Waals surface area contributed by atoms with Crippen LogP contribution in [0.1, 0.15) is 43.7 Å². The summed E-state index contributed by atoms with van der Waals surface area (Å²) in [7, 11) is 0. The van der Waals surface area contributed by atoms with Crippen molar-refractivity contribution in [1.82, 2.24) is 4.90 Å². The Morgan fingerprint density at radius 1 is 1.06 bits per heavy atom. The molecule has 0 N–H and O–H groups in total. The first-order valence-electron chi connectivity index (χ1n) is 6.36. The van der Waals surface area contributed by atoms with Crippen LogP contribution in [0, 0.1) is 0 Å². The molecular weight excluding hydrogens is 298 g/mol. The fourth-order valence-corrected chi connectivity index (χ4v) is 3.92. The SMILES string of the molecule is Brc1ccccc1C1CCCC2CCCN21.Cl. The van der Waals surface area contributed by atoms with Crippen LogP contribution >= 0.6 is 28.3 Å². The zero-order valence-electron chi connectivity index (χ0n) is 9.94. The topological polar surface area (TPSA) is 3.24 Å². The lowest BCUT2D eigenvalue weighted by Crippen LogP contribution is -2.37. The van der Waals surface area contributed by atoms with Crippen LogP contribution in [0.25, 0.3) is 0 Å². The molecule has 2 saturated heterocycles. The molecule has 2 aliphatic rings. The monoisotopic (exact) mass is 315 g/mol. The van der Waals surface area contributed by atoms with Crippen molar-refractivity contribution in [2.45, 2.75) is 44.2 Å². The molecule has 3 heteroatoms. The molecule has 1 aromatic rings. The second-order valence-corrected chi connectivity index (χ2v) is 5.86. The van der Waals surface area contributed by atoms with E-state index in [4.69, 9.17) is 0 Å². The molecule has 2 unspecified atom stereocenters. The Hall–Kier alpha value is -0.0500. The van der Waals surface area contributed by atoms with E-state index in [0.29, 0.717) is 6.04 Å². The van der Waals surface area contributed by atoms with Gasteiger partial charge < -0.3 is 0 Å². The molecule has 0 radical (unpaired) electrons. The molecule has 2 aliphatic heterocycles. The van der Waals surface area contributed by atoms with Gasteiger partial charge in [-0.3, -0.25) is 4.90 Å². The molecule has 2 fully saturated rings. The van der Waals surface area contributed by atoms with E-state index in [-0.39, 0.29) is 12.4 Å². The maximum absolute atomic E-state index is 3.70. The number of hydrogen-bond donors (Lipinski definition) is 0. The predicted octanol–water partition coefficient (Wildman–Crippen LogP) is 4.56. The summed E-state index contributed by atoms with van der Waals surface area (Å²) in [5, 5.41) is 0. The fourth-order valence-electron chi connectivity index (χ4n) is 3.37. The highest BCUT2D eigenvalue weighted by Gasteiger charge is 2.34. The van der Waals surface area contributed by atoms with Crippen molar-refractivity contribution in [3.63, 3.8) is 0 Å². The van der Waals surface area contributed by atoms with Gasteiger partial charge in [-0.1, -0.05) is 34.1 Å². The summed E-state index contributed by atoms with van der Waals surface area (Å²) in [6, 6.07) is 10.3. The standard InChI is InChI=1S/C14H18BrN.ClH/c15-13-8-2-1-7-12(13)14-9-3-5-11-6-4-10-16(11)14;/h1-2,7-8,11,14H,3-6,9-10H2;1H. The Balaban J connectivity index is 0.00000108. The van der Waals surface area contributed by atoms with Crippen molar-refractivity contribution in [2.24, 2.45) is 0 Å². The molecule has 0 aliphatic carbocycles. The van der Waals surface area contributed by atoms with Gasteiger partial charge in [0.1, 0.15) is 0 Å². The van der Waals surface area contributed by atoms with E-state index in [1.54, 1.807) is 0 Å². The van der Waals surface area contributed by atoms with Crippen molar-refractivity contribution in [1.29, 1.82) is 0 Å². The van der Waals surface area contributed by atoms with Gasteiger partial charge in [0.15, 0.2) is 0 Å². The summed E-state index contributed by atoms with van der Waals surface area (Å²) in [6.45, 7) is 1.30. The zero-order chi connectivity index (χ0) is 11.0. The van der Waals surface area contributed by atoms with Gasteiger partial charge in [-0.05, 0) is 50.3 Å². The lowest BCUT2D eigenvalue weighted by molar-refractivity contribution is 0.123. The Bertz CT molecular complexity index is 382. The van der Waals surface area contributed by atoms with Crippen molar-refractivity contribution < 1.29 is 0 Å². The fraction of sp³-hybridized carbons (Fsp3) is 0.571. The molecule has 1 nitrogen and oxygen atoms in total. The van der Waals surface area contributed by atoms with Crippen molar-refractivity contribution in [3.05, 3.63) is 34.3 Å². The van der Waals surface area contributed by atoms with E-state index in [1.807, 2.05) is 0 Å². The van der Waals surface area contributed by atoms with E-state index < -0.39 is 0 Å². The number of halogens is 2. The van der Waals surface area contributed by atoms with Crippen LogP contribution in [0.15, 0.2) is 28.7 Å². The third kappa shape index (κ3) is 2.54. The lowest BCUT2D eigenvalue weighted by Gasteiger charge is -2.38. The summed E-state index contributed by atoms with van der Waals surface area (Å²) in [4.78, 5) is 2.74. The first kappa shape index (κ1) is 13.4. The third-order valence-corrected chi connectivity index (χ3v) is 4.82. The highest BCUT2D eigenvalue weighted by molar-refractivity contribution is 9.10. The van der Waals surface area contributed by atoms with Gasteiger partial charge in [0.05, 0.1) is 0 Å². The van der Waals surface area contributed by atoms with E-state index in [0.717, 1.165) is 6.04 Å². The number of fused-ring (bicyclic) bond motifs is 1. The summed E-state index contributed by atoms with van der Waals surface area (Å²) < 4.78 is 1.28. The molecule has 0 saturated carbocycles. The zero-order valence-corrected chi connectivity index (χ0v) is 12.3. The Morgan fingerprint density at radius 3 is 2.65 bits per heavy atom. The molecule has 1 aromatic carbocycles. The van der Waals surface area contributed by atoms with Crippen LogP contribution in [-0.2, 0) is 0 Å². The highest BCUT2D eigenvalue weighted by Crippen LogP contribution is 2.41. The van der Waals surface area contributed by atoms with Gasteiger partial charge in [-0.2, -0.15) is 0 Å². The van der Waals surface area contributed by atoms with Crippen LogP contribution < -0.4 is 0 Å². The molecule has 2 atom stereocenters. The molecule has 94 valence electrons. The van der Waals surface area contributed by atoms with Crippen LogP contribution in [0.3, 0.4) is 0 Å². The minimum Gasteiger partial charge on any atom is -0.293 e. The Kier molecular flexibility index (Phi) is 4.51. The number of piperidine rings is 1. The first-order valence-corrected chi connectivity index (χ1v) is 7.16. The highest BCUT2D eigenvalue weighted by atomic mass is 79.9. The predicted molar refractivity (Wildman–Crippen MR) is 77.7 cm³/mol. The molecule has 0 spiro atoms. The minimum absolute atomic E-state index is 0. The average molecular weight is 317 g/mol. The van der Waals surface area contributed by atoms with E-state index in [9.17, 15) is 0 Å². The van der Waals surface area contributed by atoms with Crippen molar-refractivity contribution in [3.8, 4) is 0 Å². The Labute approximate surface area is 118 Å². The summed E-state index contributed by atoms with van der Waals surface area (Å²) in [5.41, 5.74) is 1.49. The van der Waals surface area contributed by atoms with Gasteiger partial charge in [0.2, 0.25) is 0 Å². The van der Waals surface area contributed by atoms with Gasteiger partial charge in [0.25, 0.3) is 0 Å². The van der Waals surface area contributed by atoms with Crippen LogP contribution in [0.2, 0.25) is 0 Å². The molecule has 0 aromatic heterocycles. The Morgan fingerprint density at radius 2 is 1.82 bits per heavy atom. The first-order chi connectivity index (χ1) is 7.86. The molecule has 3 rings (SSSR count). The largest absolute Gasteiger partial charge is 0.293 e. The summed E-state index contributed by atoms with van der Waals surface area (Å²) >= 11 is 3.70. The average Bonchev–Trinajstić information content (AvgIpc) is 2.77. The van der Waals surface area contributed by atoms with Gasteiger partial charge >= 0.3 is 0 Å². The maximum Gasteiger partial charge on any atom is 0.0362 e. The summed E-state index contributed by atoms with van der Waals surface area (Å²) in [6.07, 6.45) is 6.96. The normalized spacial score (nSPS) is 28.5. The minimum atomic E-state index is 0. The third-order valence-electron chi connectivity index (χ3n) is 4.10. The quantitative estimate of drug-likeness (QED) is 0.734. The second kappa shape index (κ2) is 5.73. The van der Waals surface area contributed by atoms with E-state index >= 15 is 0 Å². The lowest BCUT2D eigenvalue weighted by atomic mass is 9.92. The van der Waals surface area contributed by atoms with Crippen LogP contribution in [0.4, 0.5) is 0 Å². The van der Waals surface area contributed by atoms with Crippen molar-refractivity contribution in [2.75, 3.05) is 6.54 Å². The molecular formula is C14H19BrClN. The van der Waals surface area contributed by atoms with Gasteiger partial charge in [0, 0.05) is 16.6 Å². The van der Waals surface area contributed by atoms with Gasteiger partial charge in [-0.25, -0.2) is 0 Å². The van der Waals surface area contributed by atoms with Crippen molar-refractivity contribution >= 4 is 28.3 Å². The summed E-state index contributed by atoms with van der Waals surface area (Å²) in [5.74, 6) is 0. The number of rotatable bonds is 1.